The number of pyridine rings is 2. The lowest BCUT2D eigenvalue weighted by atomic mass is 10.1. The van der Waals surface area contributed by atoms with E-state index < -0.39 is 0 Å². The highest BCUT2D eigenvalue weighted by Crippen LogP contribution is 2.45. The zero-order valence-corrected chi connectivity index (χ0v) is 17.8. The van der Waals surface area contributed by atoms with Gasteiger partial charge >= 0.3 is 0 Å². The number of aromatic amines is 1. The minimum atomic E-state index is 0.0770. The lowest BCUT2D eigenvalue weighted by Gasteiger charge is -2.19. The van der Waals surface area contributed by atoms with Gasteiger partial charge < -0.3 is 20.5 Å². The van der Waals surface area contributed by atoms with E-state index in [1.807, 2.05) is 18.2 Å². The van der Waals surface area contributed by atoms with Crippen LogP contribution in [0.3, 0.4) is 0 Å². The van der Waals surface area contributed by atoms with Crippen molar-refractivity contribution in [2.75, 3.05) is 12.4 Å². The number of methoxy groups -OCH3 is 1. The molecule has 3 aromatic rings. The van der Waals surface area contributed by atoms with Crippen LogP contribution in [0.15, 0.2) is 30.5 Å². The molecule has 0 amide bonds. The zero-order chi connectivity index (χ0) is 22.1. The number of hydrogen-bond donors (Lipinski definition) is 3. The van der Waals surface area contributed by atoms with E-state index in [1.165, 1.54) is 0 Å². The van der Waals surface area contributed by atoms with E-state index in [0.29, 0.717) is 23.3 Å². The fraction of sp³-hybridized carbons (Fsp3) is 0.391. The van der Waals surface area contributed by atoms with E-state index in [0.717, 1.165) is 60.5 Å². The SMILES string of the molecule is COc1nc(C2CC2)cc(O[C@@H]2CC[C@H](N)C2)c1-c1cc(Nc2ccc(C#N)nc2)n[nH]1. The second kappa shape index (κ2) is 8.48. The number of anilines is 2. The maximum absolute atomic E-state index is 8.91. The molecule has 0 radical (unpaired) electrons. The van der Waals surface area contributed by atoms with Gasteiger partial charge in [0.15, 0.2) is 5.82 Å². The van der Waals surface area contributed by atoms with Crippen LogP contribution in [0.25, 0.3) is 11.3 Å². The maximum Gasteiger partial charge on any atom is 0.226 e. The normalized spacial score (nSPS) is 20.0. The van der Waals surface area contributed by atoms with Crippen molar-refractivity contribution < 1.29 is 9.47 Å². The highest BCUT2D eigenvalue weighted by Gasteiger charge is 2.31. The first-order valence-corrected chi connectivity index (χ1v) is 10.8. The molecule has 32 heavy (non-hydrogen) atoms. The van der Waals surface area contributed by atoms with E-state index >= 15 is 0 Å². The van der Waals surface area contributed by atoms with Crippen LogP contribution in [0.5, 0.6) is 11.6 Å². The Labute approximate surface area is 186 Å². The molecule has 164 valence electrons. The summed E-state index contributed by atoms with van der Waals surface area (Å²) in [5, 5.41) is 19.5. The number of nitriles is 1. The number of H-pyrrole nitrogens is 1. The summed E-state index contributed by atoms with van der Waals surface area (Å²) in [7, 11) is 1.62. The number of rotatable bonds is 7. The van der Waals surface area contributed by atoms with Crippen molar-refractivity contribution in [1.82, 2.24) is 20.2 Å². The highest BCUT2D eigenvalue weighted by molar-refractivity contribution is 5.75. The van der Waals surface area contributed by atoms with Gasteiger partial charge in [-0.2, -0.15) is 10.4 Å². The molecule has 3 aromatic heterocycles. The molecule has 0 spiro atoms. The maximum atomic E-state index is 8.91. The number of aromatic nitrogens is 4. The molecule has 2 atom stereocenters. The van der Waals surface area contributed by atoms with Crippen molar-refractivity contribution in [2.24, 2.45) is 5.73 Å². The molecule has 5 rings (SSSR count). The van der Waals surface area contributed by atoms with Crippen molar-refractivity contribution in [2.45, 2.75) is 50.2 Å². The van der Waals surface area contributed by atoms with E-state index in [9.17, 15) is 0 Å². The fourth-order valence-electron chi connectivity index (χ4n) is 4.05. The number of ether oxygens (including phenoxy) is 2. The van der Waals surface area contributed by atoms with Gasteiger partial charge in [0, 0.05) is 24.1 Å². The summed E-state index contributed by atoms with van der Waals surface area (Å²) < 4.78 is 12.1. The molecule has 0 saturated heterocycles. The number of nitrogens with one attached hydrogen (secondary N) is 2. The monoisotopic (exact) mass is 431 g/mol. The molecule has 9 heteroatoms. The summed E-state index contributed by atoms with van der Waals surface area (Å²) in [5.74, 6) is 2.33. The number of nitrogens with two attached hydrogens (primary N) is 1. The second-order valence-corrected chi connectivity index (χ2v) is 8.35. The Morgan fingerprint density at radius 3 is 2.75 bits per heavy atom. The van der Waals surface area contributed by atoms with E-state index in [-0.39, 0.29) is 12.1 Å². The molecule has 0 aromatic carbocycles. The van der Waals surface area contributed by atoms with Crippen molar-refractivity contribution in [3.05, 3.63) is 41.9 Å². The Morgan fingerprint density at radius 2 is 2.09 bits per heavy atom. The molecule has 0 bridgehead atoms. The van der Waals surface area contributed by atoms with Gasteiger partial charge in [0.25, 0.3) is 0 Å². The molecular formula is C23H25N7O2. The Bertz CT molecular complexity index is 1150. The van der Waals surface area contributed by atoms with E-state index in [2.05, 4.69) is 20.5 Å². The predicted octanol–water partition coefficient (Wildman–Crippen LogP) is 3.63. The zero-order valence-electron chi connectivity index (χ0n) is 17.8. The highest BCUT2D eigenvalue weighted by atomic mass is 16.5. The number of hydrogen-bond acceptors (Lipinski definition) is 8. The molecule has 3 heterocycles. The van der Waals surface area contributed by atoms with Gasteiger partial charge in [-0.25, -0.2) is 9.97 Å². The van der Waals surface area contributed by atoms with Crippen LogP contribution >= 0.6 is 0 Å². The fourth-order valence-corrected chi connectivity index (χ4v) is 4.05. The summed E-state index contributed by atoms with van der Waals surface area (Å²) in [5.41, 5.74) is 9.68. The van der Waals surface area contributed by atoms with Gasteiger partial charge in [-0.3, -0.25) is 5.10 Å². The third-order valence-electron chi connectivity index (χ3n) is 5.88. The molecule has 2 aliphatic rings. The van der Waals surface area contributed by atoms with Gasteiger partial charge in [0.2, 0.25) is 5.88 Å². The first-order valence-electron chi connectivity index (χ1n) is 10.8. The summed E-state index contributed by atoms with van der Waals surface area (Å²) in [4.78, 5) is 8.83. The Hall–Kier alpha value is -3.64. The Balaban J connectivity index is 1.46. The van der Waals surface area contributed by atoms with Crippen LogP contribution < -0.4 is 20.5 Å². The third kappa shape index (κ3) is 4.22. The minimum absolute atomic E-state index is 0.0770. The number of nitrogens with zero attached hydrogens (tertiary/aromatic N) is 4. The topological polar surface area (TPSA) is 135 Å². The molecule has 0 unspecified atom stereocenters. The van der Waals surface area contributed by atoms with Crippen LogP contribution in [0.2, 0.25) is 0 Å². The van der Waals surface area contributed by atoms with Gasteiger partial charge in [0.1, 0.15) is 29.2 Å². The lowest BCUT2D eigenvalue weighted by molar-refractivity contribution is 0.208. The first kappa shape index (κ1) is 20.3. The molecule has 2 aliphatic carbocycles. The van der Waals surface area contributed by atoms with Crippen LogP contribution in [0.4, 0.5) is 11.5 Å². The minimum Gasteiger partial charge on any atom is -0.489 e. The van der Waals surface area contributed by atoms with Gasteiger partial charge in [-0.15, -0.1) is 0 Å². The summed E-state index contributed by atoms with van der Waals surface area (Å²) >= 11 is 0. The van der Waals surface area contributed by atoms with Gasteiger partial charge in [0.05, 0.1) is 30.4 Å². The summed E-state index contributed by atoms with van der Waals surface area (Å²) in [6.45, 7) is 0. The van der Waals surface area contributed by atoms with Crippen LogP contribution in [-0.2, 0) is 0 Å². The average Bonchev–Trinajstić information content (AvgIpc) is 3.44. The standard InChI is InChI=1S/C23H25N7O2/c1-31-23-22(19-10-21(30-29-19)27-16-6-5-15(11-24)26-12-16)20(9-18(28-23)13-2-3-13)32-17-7-4-14(25)8-17/h5-6,9-10,12-14,17H,2-4,7-8,25H2,1H3,(H2,27,29,30)/t14-,17+/m0/s1. The molecule has 2 saturated carbocycles. The van der Waals surface area contributed by atoms with Gasteiger partial charge in [-0.05, 0) is 44.2 Å². The van der Waals surface area contributed by atoms with Crippen LogP contribution in [0.1, 0.15) is 49.4 Å². The lowest BCUT2D eigenvalue weighted by Crippen LogP contribution is -2.19. The summed E-state index contributed by atoms with van der Waals surface area (Å²) in [6.07, 6.45) is 6.69. The third-order valence-corrected chi connectivity index (χ3v) is 5.88. The predicted molar refractivity (Wildman–Crippen MR) is 119 cm³/mol. The van der Waals surface area contributed by atoms with Crippen LogP contribution in [-0.4, -0.2) is 39.4 Å². The molecule has 9 nitrogen and oxygen atoms in total. The van der Waals surface area contributed by atoms with E-state index in [4.69, 9.17) is 25.5 Å². The molecule has 4 N–H and O–H groups in total. The summed E-state index contributed by atoms with van der Waals surface area (Å²) in [6, 6.07) is 9.54. The smallest absolute Gasteiger partial charge is 0.226 e. The largest absolute Gasteiger partial charge is 0.489 e. The van der Waals surface area contributed by atoms with Crippen molar-refractivity contribution in [3.8, 4) is 29.0 Å². The Kier molecular flexibility index (Phi) is 5.37. The quantitative estimate of drug-likeness (QED) is 0.516. The van der Waals surface area contributed by atoms with Gasteiger partial charge in [-0.1, -0.05) is 0 Å². The second-order valence-electron chi connectivity index (χ2n) is 8.35. The molecule has 2 fully saturated rings. The molecular weight excluding hydrogens is 406 g/mol. The average molecular weight is 432 g/mol. The van der Waals surface area contributed by atoms with Crippen molar-refractivity contribution in [3.63, 3.8) is 0 Å². The van der Waals surface area contributed by atoms with E-state index in [1.54, 1.807) is 25.4 Å². The van der Waals surface area contributed by atoms with Crippen molar-refractivity contribution >= 4 is 11.5 Å². The Morgan fingerprint density at radius 1 is 1.22 bits per heavy atom. The molecule has 0 aliphatic heterocycles. The van der Waals surface area contributed by atoms with Crippen molar-refractivity contribution in [1.29, 1.82) is 5.26 Å². The first-order chi connectivity index (χ1) is 15.6. The van der Waals surface area contributed by atoms with Crippen LogP contribution in [0, 0.1) is 11.3 Å².